The van der Waals surface area contributed by atoms with E-state index in [9.17, 15) is 4.79 Å². The average molecular weight is 181 g/mol. The van der Waals surface area contributed by atoms with Gasteiger partial charge < -0.3 is 10.8 Å². The van der Waals surface area contributed by atoms with Crippen molar-refractivity contribution in [2.24, 2.45) is 5.73 Å². The molecule has 0 rings (SSSR count). The van der Waals surface area contributed by atoms with Gasteiger partial charge in [0.15, 0.2) is 0 Å². The number of carbonyl (C=O) groups is 1. The molecular formula is C3H8ClNNaO2S. The molecule has 0 saturated carbocycles. The Bertz CT molecular complexity index is 84.2. The number of carboxylic acids is 1. The molecule has 3 nitrogen and oxygen atoms in total. The van der Waals surface area contributed by atoms with Gasteiger partial charge in [-0.25, -0.2) is 0 Å². The Morgan fingerprint density at radius 2 is 2.11 bits per heavy atom. The number of aliphatic carboxylic acids is 1. The van der Waals surface area contributed by atoms with E-state index in [-0.39, 0.29) is 47.7 Å². The van der Waals surface area contributed by atoms with Gasteiger partial charge in [-0.05, 0) is 0 Å². The zero-order valence-electron chi connectivity index (χ0n) is 5.07. The Morgan fingerprint density at radius 3 is 2.11 bits per heavy atom. The molecule has 0 aliphatic rings. The Labute approximate surface area is 87.5 Å². The fourth-order valence-corrected chi connectivity index (χ4v) is 0.234. The third-order valence-electron chi connectivity index (χ3n) is 0.514. The van der Waals surface area contributed by atoms with Gasteiger partial charge in [-0.1, -0.05) is 0 Å². The first-order chi connectivity index (χ1) is 3.18. The van der Waals surface area contributed by atoms with Crippen LogP contribution in [0.1, 0.15) is 0 Å². The number of nitrogens with two attached hydrogens (primary N) is 1. The zero-order chi connectivity index (χ0) is 5.86. The van der Waals surface area contributed by atoms with Crippen molar-refractivity contribution in [3.63, 3.8) is 0 Å². The predicted molar refractivity (Wildman–Crippen MR) is 42.5 cm³/mol. The number of thiol groups is 1. The van der Waals surface area contributed by atoms with Gasteiger partial charge in [-0.15, -0.1) is 12.4 Å². The van der Waals surface area contributed by atoms with Crippen LogP contribution in [0, 0.1) is 0 Å². The third-order valence-corrected chi connectivity index (χ3v) is 0.907. The van der Waals surface area contributed by atoms with Crippen LogP contribution in [0.5, 0.6) is 0 Å². The second-order valence-corrected chi connectivity index (χ2v) is 1.49. The Morgan fingerprint density at radius 1 is 1.78 bits per heavy atom. The molecule has 3 N–H and O–H groups in total. The molecule has 1 radical (unpaired) electrons. The maximum Gasteiger partial charge on any atom is 0.321 e. The monoisotopic (exact) mass is 180 g/mol. The molecule has 0 aliphatic heterocycles. The molecule has 0 aromatic carbocycles. The molecule has 0 saturated heterocycles. The van der Waals surface area contributed by atoms with Crippen LogP contribution in [-0.2, 0) is 4.79 Å². The first kappa shape index (κ1) is 16.6. The van der Waals surface area contributed by atoms with Crippen LogP contribution in [-0.4, -0.2) is 52.4 Å². The predicted octanol–water partition coefficient (Wildman–Crippen LogP) is -0.631. The molecule has 0 amide bonds. The van der Waals surface area contributed by atoms with Crippen LogP contribution in [0.2, 0.25) is 0 Å². The third kappa shape index (κ3) is 9.07. The van der Waals surface area contributed by atoms with E-state index in [1.165, 1.54) is 0 Å². The van der Waals surface area contributed by atoms with Crippen LogP contribution < -0.4 is 5.73 Å². The van der Waals surface area contributed by atoms with E-state index in [0.717, 1.165) is 0 Å². The van der Waals surface area contributed by atoms with Crippen LogP contribution >= 0.6 is 25.0 Å². The second-order valence-electron chi connectivity index (χ2n) is 1.13. The summed E-state index contributed by atoms with van der Waals surface area (Å²) in [5, 5.41) is 8.01. The van der Waals surface area contributed by atoms with Crippen molar-refractivity contribution < 1.29 is 9.90 Å². The summed E-state index contributed by atoms with van der Waals surface area (Å²) >= 11 is 3.65. The van der Waals surface area contributed by atoms with Crippen molar-refractivity contribution in [3.05, 3.63) is 0 Å². The number of carboxylic acid groups (broad SMARTS) is 1. The summed E-state index contributed by atoms with van der Waals surface area (Å²) in [6.45, 7) is 0. The van der Waals surface area contributed by atoms with Crippen LogP contribution in [0.25, 0.3) is 0 Å². The van der Waals surface area contributed by atoms with Crippen LogP contribution in [0.15, 0.2) is 0 Å². The zero-order valence-corrected chi connectivity index (χ0v) is 8.78. The maximum atomic E-state index is 9.76. The first-order valence-electron chi connectivity index (χ1n) is 1.77. The van der Waals surface area contributed by atoms with E-state index in [4.69, 9.17) is 10.8 Å². The van der Waals surface area contributed by atoms with Crippen LogP contribution in [0.4, 0.5) is 0 Å². The standard InChI is InChI=1S/C3H7NO2S.ClH.Na/c4-2(1-7)3(5)6;;/h2,7H,1,4H2,(H,5,6);1H;/t2-;;/m0../s1. The van der Waals surface area contributed by atoms with E-state index in [0.29, 0.717) is 0 Å². The van der Waals surface area contributed by atoms with Gasteiger partial charge in [0.2, 0.25) is 0 Å². The van der Waals surface area contributed by atoms with Crippen molar-refractivity contribution in [2.45, 2.75) is 6.04 Å². The van der Waals surface area contributed by atoms with E-state index in [1.54, 1.807) is 0 Å². The Kier molecular flexibility index (Phi) is 16.7. The molecular weight excluding hydrogens is 173 g/mol. The van der Waals surface area contributed by atoms with E-state index in [2.05, 4.69) is 12.6 Å². The molecule has 0 spiro atoms. The Hall–Kier alpha value is 1.07. The quantitative estimate of drug-likeness (QED) is 0.392. The number of hydrogen-bond acceptors (Lipinski definition) is 3. The second kappa shape index (κ2) is 9.07. The minimum Gasteiger partial charge on any atom is -0.480 e. The molecule has 6 heteroatoms. The molecule has 0 bridgehead atoms. The summed E-state index contributed by atoms with van der Waals surface area (Å²) in [7, 11) is 0. The van der Waals surface area contributed by atoms with E-state index >= 15 is 0 Å². The largest absolute Gasteiger partial charge is 0.480 e. The average Bonchev–Trinajstić information content (AvgIpc) is 1.65. The van der Waals surface area contributed by atoms with Gasteiger partial charge >= 0.3 is 5.97 Å². The summed E-state index contributed by atoms with van der Waals surface area (Å²) < 4.78 is 0. The minimum atomic E-state index is -1.00. The molecule has 51 valence electrons. The molecule has 0 fully saturated rings. The summed E-state index contributed by atoms with van der Waals surface area (Å²) in [6, 6.07) is -0.816. The van der Waals surface area contributed by atoms with Gasteiger partial charge in [0.05, 0.1) is 0 Å². The summed E-state index contributed by atoms with van der Waals surface area (Å²) in [6.07, 6.45) is 0. The summed E-state index contributed by atoms with van der Waals surface area (Å²) in [4.78, 5) is 9.76. The van der Waals surface area contributed by atoms with Crippen molar-refractivity contribution in [3.8, 4) is 0 Å². The molecule has 0 aliphatic carbocycles. The summed E-state index contributed by atoms with van der Waals surface area (Å²) in [5.74, 6) is -0.815. The molecule has 0 heterocycles. The van der Waals surface area contributed by atoms with Crippen molar-refractivity contribution in [1.82, 2.24) is 0 Å². The summed E-state index contributed by atoms with van der Waals surface area (Å²) in [5.41, 5.74) is 4.94. The first-order valence-corrected chi connectivity index (χ1v) is 2.41. The normalized spacial score (nSPS) is 10.4. The molecule has 0 unspecified atom stereocenters. The van der Waals surface area contributed by atoms with E-state index < -0.39 is 12.0 Å². The molecule has 0 aromatic rings. The smallest absolute Gasteiger partial charge is 0.321 e. The number of rotatable bonds is 2. The van der Waals surface area contributed by atoms with Gasteiger partial charge in [0.1, 0.15) is 6.04 Å². The maximum absolute atomic E-state index is 9.76. The number of hydrogen-bond donors (Lipinski definition) is 3. The van der Waals surface area contributed by atoms with Crippen molar-refractivity contribution >= 4 is 60.6 Å². The van der Waals surface area contributed by atoms with E-state index in [1.807, 2.05) is 0 Å². The van der Waals surface area contributed by atoms with Gasteiger partial charge in [0, 0.05) is 35.3 Å². The SMILES string of the molecule is Cl.N[C@@H](CS)C(=O)O.[Na]. The minimum absolute atomic E-state index is 0. The van der Waals surface area contributed by atoms with Crippen LogP contribution in [0.3, 0.4) is 0 Å². The fraction of sp³-hybridized carbons (Fsp3) is 0.667. The van der Waals surface area contributed by atoms with Crippen molar-refractivity contribution in [1.29, 1.82) is 0 Å². The van der Waals surface area contributed by atoms with Crippen molar-refractivity contribution in [2.75, 3.05) is 5.75 Å². The Balaban J connectivity index is -0.000000180. The molecule has 9 heavy (non-hydrogen) atoms. The van der Waals surface area contributed by atoms with Gasteiger partial charge in [0.25, 0.3) is 0 Å². The molecule has 1 atom stereocenters. The molecule has 0 aromatic heterocycles. The topological polar surface area (TPSA) is 63.3 Å². The number of halogens is 1. The van der Waals surface area contributed by atoms with Gasteiger partial charge in [-0.2, -0.15) is 12.6 Å². The van der Waals surface area contributed by atoms with Gasteiger partial charge in [-0.3, -0.25) is 4.79 Å². The fourth-order valence-electron chi connectivity index (χ4n) is 0.0781.